The molecule has 86 valence electrons. The second kappa shape index (κ2) is 4.39. The molecule has 0 saturated carbocycles. The minimum atomic E-state index is -1.17. The average molecular weight is 250 g/mol. The maximum Gasteiger partial charge on any atom is 0.356 e. The highest BCUT2D eigenvalue weighted by molar-refractivity contribution is 6.29. The number of aromatic nitrogens is 2. The molecule has 0 aliphatic rings. The van der Waals surface area contributed by atoms with E-state index in [4.69, 9.17) is 22.4 Å². The largest absolute Gasteiger partial charge is 0.476 e. The summed E-state index contributed by atoms with van der Waals surface area (Å²) < 4.78 is 0. The number of nitrogen functional groups attached to an aromatic ring is 1. The summed E-state index contributed by atoms with van der Waals surface area (Å²) in [6, 6.07) is 8.11. The molecule has 0 aromatic carbocycles. The van der Waals surface area contributed by atoms with Crippen molar-refractivity contribution in [3.63, 3.8) is 0 Å². The molecule has 0 spiro atoms. The van der Waals surface area contributed by atoms with Crippen molar-refractivity contribution in [3.05, 3.63) is 41.2 Å². The fourth-order valence-corrected chi connectivity index (χ4v) is 1.50. The van der Waals surface area contributed by atoms with Crippen LogP contribution >= 0.6 is 11.6 Å². The van der Waals surface area contributed by atoms with Crippen LogP contribution in [0.2, 0.25) is 5.15 Å². The van der Waals surface area contributed by atoms with Crippen LogP contribution in [0.15, 0.2) is 30.3 Å². The predicted molar refractivity (Wildman–Crippen MR) is 63.8 cm³/mol. The number of carboxylic acids is 1. The minimum Gasteiger partial charge on any atom is -0.476 e. The van der Waals surface area contributed by atoms with E-state index in [-0.39, 0.29) is 11.4 Å². The molecular weight excluding hydrogens is 242 g/mol. The van der Waals surface area contributed by atoms with Crippen molar-refractivity contribution in [2.75, 3.05) is 5.73 Å². The van der Waals surface area contributed by atoms with E-state index >= 15 is 0 Å². The van der Waals surface area contributed by atoms with Crippen LogP contribution in [-0.2, 0) is 0 Å². The van der Waals surface area contributed by atoms with Crippen LogP contribution in [0.4, 0.5) is 5.69 Å². The summed E-state index contributed by atoms with van der Waals surface area (Å²) >= 11 is 5.75. The normalized spacial score (nSPS) is 10.2. The Bertz CT molecular complexity index is 587. The molecule has 2 heterocycles. The van der Waals surface area contributed by atoms with Crippen molar-refractivity contribution < 1.29 is 9.90 Å². The van der Waals surface area contributed by atoms with E-state index in [1.54, 1.807) is 24.3 Å². The first-order valence-corrected chi connectivity index (χ1v) is 5.08. The van der Waals surface area contributed by atoms with Gasteiger partial charge in [-0.05, 0) is 24.3 Å². The van der Waals surface area contributed by atoms with E-state index in [1.807, 2.05) is 0 Å². The summed E-state index contributed by atoms with van der Waals surface area (Å²) in [5.74, 6) is -1.17. The molecule has 0 aliphatic carbocycles. The van der Waals surface area contributed by atoms with Gasteiger partial charge in [-0.1, -0.05) is 17.7 Å². The van der Waals surface area contributed by atoms with Crippen molar-refractivity contribution >= 4 is 23.3 Å². The Morgan fingerprint density at radius 3 is 2.53 bits per heavy atom. The first kappa shape index (κ1) is 11.3. The van der Waals surface area contributed by atoms with Crippen molar-refractivity contribution in [1.29, 1.82) is 0 Å². The minimum absolute atomic E-state index is 0.114. The Morgan fingerprint density at radius 2 is 1.88 bits per heavy atom. The summed E-state index contributed by atoms with van der Waals surface area (Å²) in [5, 5.41) is 9.22. The highest BCUT2D eigenvalue weighted by Gasteiger charge is 2.12. The molecule has 0 atom stereocenters. The van der Waals surface area contributed by atoms with E-state index in [2.05, 4.69) is 9.97 Å². The highest BCUT2D eigenvalue weighted by atomic mass is 35.5. The molecule has 0 radical (unpaired) electrons. The molecule has 0 amide bonds. The van der Waals surface area contributed by atoms with Gasteiger partial charge in [-0.3, -0.25) is 0 Å². The maximum absolute atomic E-state index is 10.9. The number of carbonyl (C=O) groups is 1. The third-order valence-corrected chi connectivity index (χ3v) is 2.32. The lowest BCUT2D eigenvalue weighted by molar-refractivity contribution is 0.0692. The lowest BCUT2D eigenvalue weighted by Gasteiger charge is -2.04. The predicted octanol–water partition coefficient (Wildman–Crippen LogP) is 2.08. The van der Waals surface area contributed by atoms with E-state index < -0.39 is 5.97 Å². The van der Waals surface area contributed by atoms with Crippen LogP contribution in [0.1, 0.15) is 10.5 Å². The Labute approximate surface area is 102 Å². The summed E-state index contributed by atoms with van der Waals surface area (Å²) in [6.45, 7) is 0. The smallest absolute Gasteiger partial charge is 0.356 e. The standard InChI is InChI=1S/C11H8ClN3O2/c12-9-3-1-2-7(14-9)8-5-4-6(13)10(15-8)11(16)17/h1-5H,13H2,(H,16,17). The number of halogens is 1. The zero-order chi connectivity index (χ0) is 12.4. The summed E-state index contributed by atoms with van der Waals surface area (Å²) in [7, 11) is 0. The molecule has 6 heteroatoms. The van der Waals surface area contributed by atoms with Crippen LogP contribution in [0.5, 0.6) is 0 Å². The topological polar surface area (TPSA) is 89.1 Å². The molecule has 0 unspecified atom stereocenters. The Hall–Kier alpha value is -2.14. The average Bonchev–Trinajstić information content (AvgIpc) is 2.29. The third-order valence-electron chi connectivity index (χ3n) is 2.11. The van der Waals surface area contributed by atoms with Crippen molar-refractivity contribution in [1.82, 2.24) is 9.97 Å². The van der Waals surface area contributed by atoms with E-state index in [1.165, 1.54) is 6.07 Å². The number of anilines is 1. The molecule has 2 aromatic heterocycles. The van der Waals surface area contributed by atoms with Crippen LogP contribution in [-0.4, -0.2) is 21.0 Å². The van der Waals surface area contributed by atoms with Crippen LogP contribution in [0.25, 0.3) is 11.4 Å². The van der Waals surface area contributed by atoms with Crippen LogP contribution < -0.4 is 5.73 Å². The van der Waals surface area contributed by atoms with Crippen molar-refractivity contribution in [3.8, 4) is 11.4 Å². The molecule has 2 rings (SSSR count). The third kappa shape index (κ3) is 2.34. The highest BCUT2D eigenvalue weighted by Crippen LogP contribution is 2.19. The second-order valence-corrected chi connectivity index (χ2v) is 3.67. The summed E-state index contributed by atoms with van der Waals surface area (Å²) in [4.78, 5) is 18.9. The Balaban J connectivity index is 2.54. The van der Waals surface area contributed by atoms with Gasteiger partial charge in [-0.2, -0.15) is 0 Å². The second-order valence-electron chi connectivity index (χ2n) is 3.29. The van der Waals surface area contributed by atoms with Gasteiger partial charge in [0.2, 0.25) is 0 Å². The lowest BCUT2D eigenvalue weighted by atomic mass is 10.2. The van der Waals surface area contributed by atoms with Gasteiger partial charge in [-0.25, -0.2) is 14.8 Å². The molecule has 5 nitrogen and oxygen atoms in total. The zero-order valence-electron chi connectivity index (χ0n) is 8.59. The van der Waals surface area contributed by atoms with Crippen LogP contribution in [0, 0.1) is 0 Å². The van der Waals surface area contributed by atoms with Gasteiger partial charge in [0.25, 0.3) is 0 Å². The quantitative estimate of drug-likeness (QED) is 0.796. The summed E-state index contributed by atoms with van der Waals surface area (Å²) in [5.41, 5.74) is 6.35. The van der Waals surface area contributed by atoms with Gasteiger partial charge in [0, 0.05) is 0 Å². The van der Waals surface area contributed by atoms with Crippen molar-refractivity contribution in [2.45, 2.75) is 0 Å². The molecule has 0 aliphatic heterocycles. The fourth-order valence-electron chi connectivity index (χ4n) is 1.33. The van der Waals surface area contributed by atoms with Gasteiger partial charge >= 0.3 is 5.97 Å². The first-order valence-electron chi connectivity index (χ1n) is 4.70. The number of pyridine rings is 2. The van der Waals surface area contributed by atoms with Crippen molar-refractivity contribution in [2.24, 2.45) is 0 Å². The van der Waals surface area contributed by atoms with Gasteiger partial charge < -0.3 is 10.8 Å². The monoisotopic (exact) mass is 249 g/mol. The maximum atomic E-state index is 10.9. The van der Waals surface area contributed by atoms with Gasteiger partial charge in [0.15, 0.2) is 5.69 Å². The Kier molecular flexibility index (Phi) is 2.93. The van der Waals surface area contributed by atoms with E-state index in [0.717, 1.165) is 0 Å². The number of carboxylic acid groups (broad SMARTS) is 1. The first-order chi connectivity index (χ1) is 8.08. The number of nitrogens with two attached hydrogens (primary N) is 1. The molecule has 2 aromatic rings. The number of nitrogens with zero attached hydrogens (tertiary/aromatic N) is 2. The zero-order valence-corrected chi connectivity index (χ0v) is 9.35. The Morgan fingerprint density at radius 1 is 1.18 bits per heavy atom. The molecule has 17 heavy (non-hydrogen) atoms. The van der Waals surface area contributed by atoms with Gasteiger partial charge in [-0.15, -0.1) is 0 Å². The molecule has 3 N–H and O–H groups in total. The van der Waals surface area contributed by atoms with E-state index in [0.29, 0.717) is 16.5 Å². The van der Waals surface area contributed by atoms with Crippen LogP contribution in [0.3, 0.4) is 0 Å². The lowest BCUT2D eigenvalue weighted by Crippen LogP contribution is -2.06. The SMILES string of the molecule is Nc1ccc(-c2cccc(Cl)n2)nc1C(=O)O. The number of aromatic carboxylic acids is 1. The van der Waals surface area contributed by atoms with Gasteiger partial charge in [0.05, 0.1) is 17.1 Å². The molecular formula is C11H8ClN3O2. The fraction of sp³-hybridized carbons (Fsp3) is 0. The molecule has 0 fully saturated rings. The summed E-state index contributed by atoms with van der Waals surface area (Å²) in [6.07, 6.45) is 0. The molecule has 0 saturated heterocycles. The number of hydrogen-bond acceptors (Lipinski definition) is 4. The number of rotatable bonds is 2. The van der Waals surface area contributed by atoms with E-state index in [9.17, 15) is 4.79 Å². The van der Waals surface area contributed by atoms with Gasteiger partial charge in [0.1, 0.15) is 5.15 Å². The molecule has 0 bridgehead atoms. The number of hydrogen-bond donors (Lipinski definition) is 2.